The molecule has 0 fully saturated rings. The number of nitrogens with one attached hydrogen (secondary N) is 2. The summed E-state index contributed by atoms with van der Waals surface area (Å²) in [5, 5.41) is 10.9. The second kappa shape index (κ2) is 11.6. The summed E-state index contributed by atoms with van der Waals surface area (Å²) in [6.07, 6.45) is 1.58. The van der Waals surface area contributed by atoms with Crippen LogP contribution in [0.15, 0.2) is 53.7 Å². The number of ether oxygens (including phenoxy) is 1. The van der Waals surface area contributed by atoms with E-state index < -0.39 is 0 Å². The van der Waals surface area contributed by atoms with Crippen molar-refractivity contribution in [3.8, 4) is 11.6 Å². The van der Waals surface area contributed by atoms with E-state index in [1.165, 1.54) is 6.07 Å². The van der Waals surface area contributed by atoms with Gasteiger partial charge in [0.1, 0.15) is 6.10 Å². The van der Waals surface area contributed by atoms with Crippen LogP contribution in [0.1, 0.15) is 23.9 Å². The molecular weight excluding hydrogens is 510 g/mol. The number of aryl methyl sites for hydroxylation is 2. The Morgan fingerprint density at radius 2 is 1.97 bits per heavy atom. The Hall–Kier alpha value is -2.69. The second-order valence-electron chi connectivity index (χ2n) is 7.03. The average Bonchev–Trinajstić information content (AvgIpc) is 3.08. The zero-order valence-corrected chi connectivity index (χ0v) is 20.4. The molecule has 1 aromatic carbocycles. The normalized spacial score (nSPS) is 12.1. The van der Waals surface area contributed by atoms with Crippen LogP contribution in [-0.2, 0) is 6.54 Å². The van der Waals surface area contributed by atoms with Gasteiger partial charge in [0.15, 0.2) is 23.3 Å². The first-order valence-electron chi connectivity index (χ1n) is 9.80. The van der Waals surface area contributed by atoms with Crippen LogP contribution in [0.4, 0.5) is 4.39 Å². The first-order valence-corrected chi connectivity index (χ1v) is 9.80. The van der Waals surface area contributed by atoms with Crippen molar-refractivity contribution in [3.05, 3.63) is 71.4 Å². The standard InChI is InChI=1S/C22H27FN6O.HI/c1-15-11-16(2)29(28-15)21-10-9-18(13-25-21)14-27-22(24-4)26-12-17(3)30-20-8-6-5-7-19(20)23;/h5-11,13,17H,12,14H2,1-4H3,(H2,24,26,27);1H. The summed E-state index contributed by atoms with van der Waals surface area (Å²) in [7, 11) is 1.70. The van der Waals surface area contributed by atoms with E-state index >= 15 is 0 Å². The maximum absolute atomic E-state index is 13.7. The van der Waals surface area contributed by atoms with Crippen molar-refractivity contribution >= 4 is 29.9 Å². The lowest BCUT2D eigenvalue weighted by molar-refractivity contribution is 0.214. The van der Waals surface area contributed by atoms with Crippen LogP contribution in [0, 0.1) is 19.7 Å². The van der Waals surface area contributed by atoms with E-state index in [-0.39, 0.29) is 41.6 Å². The molecule has 3 aromatic rings. The number of nitrogens with zero attached hydrogens (tertiary/aromatic N) is 4. The quantitative estimate of drug-likeness (QED) is 0.272. The molecule has 9 heteroatoms. The summed E-state index contributed by atoms with van der Waals surface area (Å²) >= 11 is 0. The highest BCUT2D eigenvalue weighted by atomic mass is 127. The number of hydrogen-bond donors (Lipinski definition) is 2. The number of guanidine groups is 1. The number of halogens is 2. The van der Waals surface area contributed by atoms with Crippen molar-refractivity contribution in [1.82, 2.24) is 25.4 Å². The molecule has 0 saturated heterocycles. The molecule has 1 unspecified atom stereocenters. The van der Waals surface area contributed by atoms with Gasteiger partial charge in [-0.3, -0.25) is 4.99 Å². The molecule has 166 valence electrons. The largest absolute Gasteiger partial charge is 0.486 e. The zero-order valence-electron chi connectivity index (χ0n) is 18.1. The Bertz CT molecular complexity index is 1010. The van der Waals surface area contributed by atoms with Crippen molar-refractivity contribution in [3.63, 3.8) is 0 Å². The van der Waals surface area contributed by atoms with Gasteiger partial charge < -0.3 is 15.4 Å². The average molecular weight is 538 g/mol. The van der Waals surface area contributed by atoms with Crippen LogP contribution in [0.2, 0.25) is 0 Å². The molecule has 0 aliphatic heterocycles. The summed E-state index contributed by atoms with van der Waals surface area (Å²) < 4.78 is 21.1. The summed E-state index contributed by atoms with van der Waals surface area (Å²) in [5.41, 5.74) is 3.02. The third-order valence-electron chi connectivity index (χ3n) is 4.44. The number of rotatable bonds is 7. The molecule has 2 aromatic heterocycles. The van der Waals surface area contributed by atoms with Gasteiger partial charge in [-0.05, 0) is 50.6 Å². The fraction of sp³-hybridized carbons (Fsp3) is 0.318. The fourth-order valence-corrected chi connectivity index (χ4v) is 2.95. The monoisotopic (exact) mass is 538 g/mol. The van der Waals surface area contributed by atoms with Crippen molar-refractivity contribution in [2.75, 3.05) is 13.6 Å². The lowest BCUT2D eigenvalue weighted by Crippen LogP contribution is -2.41. The maximum Gasteiger partial charge on any atom is 0.191 e. The Morgan fingerprint density at radius 1 is 1.19 bits per heavy atom. The first-order chi connectivity index (χ1) is 14.5. The summed E-state index contributed by atoms with van der Waals surface area (Å²) in [5.74, 6) is 1.28. The minimum atomic E-state index is -0.372. The highest BCUT2D eigenvalue weighted by Crippen LogP contribution is 2.16. The molecule has 3 rings (SSSR count). The van der Waals surface area contributed by atoms with Crippen molar-refractivity contribution in [2.24, 2.45) is 4.99 Å². The third kappa shape index (κ3) is 6.91. The van der Waals surface area contributed by atoms with Gasteiger partial charge in [0.25, 0.3) is 0 Å². The number of para-hydroxylation sites is 1. The first kappa shape index (κ1) is 24.6. The Morgan fingerprint density at radius 3 is 2.58 bits per heavy atom. The van der Waals surface area contributed by atoms with Gasteiger partial charge in [0, 0.05) is 25.5 Å². The van der Waals surface area contributed by atoms with E-state index in [0.717, 1.165) is 22.8 Å². The highest BCUT2D eigenvalue weighted by molar-refractivity contribution is 14.0. The molecular formula is C22H28FIN6O. The minimum Gasteiger partial charge on any atom is -0.486 e. The lowest BCUT2D eigenvalue weighted by Gasteiger charge is -2.18. The van der Waals surface area contributed by atoms with Crippen LogP contribution in [0.3, 0.4) is 0 Å². The maximum atomic E-state index is 13.7. The predicted octanol–water partition coefficient (Wildman–Crippen LogP) is 3.77. The lowest BCUT2D eigenvalue weighted by atomic mass is 10.3. The number of aliphatic imine (C=N–C) groups is 1. The van der Waals surface area contributed by atoms with Crippen LogP contribution in [0.5, 0.6) is 5.75 Å². The molecule has 0 radical (unpaired) electrons. The van der Waals surface area contributed by atoms with E-state index in [1.807, 2.05) is 49.8 Å². The molecule has 0 saturated carbocycles. The van der Waals surface area contributed by atoms with Gasteiger partial charge in [-0.15, -0.1) is 24.0 Å². The number of aromatic nitrogens is 3. The molecule has 0 bridgehead atoms. The molecule has 7 nitrogen and oxygen atoms in total. The molecule has 2 heterocycles. The van der Waals surface area contributed by atoms with Crippen molar-refractivity contribution < 1.29 is 9.13 Å². The van der Waals surface area contributed by atoms with Gasteiger partial charge in [-0.2, -0.15) is 5.10 Å². The van der Waals surface area contributed by atoms with E-state index in [4.69, 9.17) is 4.74 Å². The van der Waals surface area contributed by atoms with E-state index in [1.54, 1.807) is 25.2 Å². The van der Waals surface area contributed by atoms with E-state index in [0.29, 0.717) is 19.0 Å². The second-order valence-corrected chi connectivity index (χ2v) is 7.03. The highest BCUT2D eigenvalue weighted by Gasteiger charge is 2.09. The van der Waals surface area contributed by atoms with Gasteiger partial charge in [0.05, 0.1) is 12.2 Å². The summed E-state index contributed by atoms with van der Waals surface area (Å²) in [4.78, 5) is 8.71. The molecule has 0 aliphatic rings. The van der Waals surface area contributed by atoms with Crippen LogP contribution in [-0.4, -0.2) is 40.4 Å². The zero-order chi connectivity index (χ0) is 21.5. The van der Waals surface area contributed by atoms with Crippen LogP contribution < -0.4 is 15.4 Å². The van der Waals surface area contributed by atoms with Crippen LogP contribution in [0.25, 0.3) is 5.82 Å². The van der Waals surface area contributed by atoms with Crippen LogP contribution >= 0.6 is 24.0 Å². The van der Waals surface area contributed by atoms with Gasteiger partial charge in [0.2, 0.25) is 0 Å². The SMILES string of the molecule is CN=C(NCc1ccc(-n2nc(C)cc2C)nc1)NCC(C)Oc1ccccc1F.I. The summed E-state index contributed by atoms with van der Waals surface area (Å²) in [6, 6.07) is 12.3. The molecule has 1 atom stereocenters. The third-order valence-corrected chi connectivity index (χ3v) is 4.44. The fourth-order valence-electron chi connectivity index (χ4n) is 2.95. The predicted molar refractivity (Wildman–Crippen MR) is 131 cm³/mol. The van der Waals surface area contributed by atoms with Gasteiger partial charge in [-0.25, -0.2) is 14.1 Å². The van der Waals surface area contributed by atoms with E-state index in [2.05, 4.69) is 25.7 Å². The Kier molecular flexibility index (Phi) is 9.22. The van der Waals surface area contributed by atoms with Gasteiger partial charge in [-0.1, -0.05) is 18.2 Å². The molecule has 2 N–H and O–H groups in total. The number of hydrogen-bond acceptors (Lipinski definition) is 4. The smallest absolute Gasteiger partial charge is 0.191 e. The van der Waals surface area contributed by atoms with E-state index in [9.17, 15) is 4.39 Å². The number of pyridine rings is 1. The topological polar surface area (TPSA) is 76.4 Å². The van der Waals surface area contributed by atoms with Crippen molar-refractivity contribution in [1.29, 1.82) is 0 Å². The Balaban J connectivity index is 0.00000341. The molecule has 0 spiro atoms. The van der Waals surface area contributed by atoms with Gasteiger partial charge >= 0.3 is 0 Å². The summed E-state index contributed by atoms with van der Waals surface area (Å²) in [6.45, 7) is 6.87. The minimum absolute atomic E-state index is 0. The molecule has 31 heavy (non-hydrogen) atoms. The number of benzene rings is 1. The van der Waals surface area contributed by atoms with Crippen molar-refractivity contribution in [2.45, 2.75) is 33.4 Å². The Labute approximate surface area is 199 Å². The molecule has 0 amide bonds. The molecule has 0 aliphatic carbocycles.